The van der Waals surface area contributed by atoms with Crippen molar-refractivity contribution >= 4 is 11.9 Å². The third kappa shape index (κ3) is 3.30. The van der Waals surface area contributed by atoms with E-state index in [-0.39, 0.29) is 5.69 Å². The van der Waals surface area contributed by atoms with Crippen molar-refractivity contribution in [1.82, 2.24) is 15.1 Å². The Bertz CT molecular complexity index is 431. The largest absolute Gasteiger partial charge is 0.480 e. The molecule has 6 heteroatoms. The topological polar surface area (TPSA) is 84.2 Å². The van der Waals surface area contributed by atoms with E-state index < -0.39 is 23.3 Å². The minimum Gasteiger partial charge on any atom is -0.480 e. The first kappa shape index (κ1) is 13.2. The number of carbonyl (C=O) groups excluding carboxylic acids is 1. The number of nitrogens with zero attached hydrogens (tertiary/aromatic N) is 2. The number of hydrogen-bond donors (Lipinski definition) is 2. The molecule has 1 aromatic heterocycles. The molecule has 17 heavy (non-hydrogen) atoms. The number of aromatic nitrogens is 2. The van der Waals surface area contributed by atoms with Gasteiger partial charge in [-0.1, -0.05) is 20.8 Å². The Hall–Kier alpha value is -1.85. The van der Waals surface area contributed by atoms with Gasteiger partial charge in [0.25, 0.3) is 5.91 Å². The zero-order valence-corrected chi connectivity index (χ0v) is 10.4. The molecule has 94 valence electrons. The molecular weight excluding hydrogens is 222 g/mol. The van der Waals surface area contributed by atoms with Crippen LogP contribution in [0.3, 0.4) is 0 Å². The third-order valence-electron chi connectivity index (χ3n) is 2.33. The normalized spacial score (nSPS) is 13.2. The van der Waals surface area contributed by atoms with Crippen LogP contribution in [0, 0.1) is 5.41 Å². The number of hydrogen-bond acceptors (Lipinski definition) is 3. The van der Waals surface area contributed by atoms with E-state index >= 15 is 0 Å². The number of rotatable bonds is 3. The van der Waals surface area contributed by atoms with Gasteiger partial charge in [-0.3, -0.25) is 9.48 Å². The lowest BCUT2D eigenvalue weighted by molar-refractivity contribution is -0.142. The quantitative estimate of drug-likeness (QED) is 0.811. The number of aliphatic carboxylic acids is 1. The molecule has 1 heterocycles. The van der Waals surface area contributed by atoms with Crippen LogP contribution in [0.2, 0.25) is 0 Å². The molecule has 0 aliphatic rings. The van der Waals surface area contributed by atoms with Crippen molar-refractivity contribution in [3.05, 3.63) is 18.0 Å². The summed E-state index contributed by atoms with van der Waals surface area (Å²) in [6.45, 7) is 5.26. The maximum atomic E-state index is 11.8. The fraction of sp³-hybridized carbons (Fsp3) is 0.545. The lowest BCUT2D eigenvalue weighted by Crippen LogP contribution is -2.49. The van der Waals surface area contributed by atoms with Gasteiger partial charge in [-0.15, -0.1) is 0 Å². The first-order valence-corrected chi connectivity index (χ1v) is 5.25. The monoisotopic (exact) mass is 239 g/mol. The molecule has 1 atom stereocenters. The van der Waals surface area contributed by atoms with Crippen LogP contribution in [-0.4, -0.2) is 32.8 Å². The fourth-order valence-electron chi connectivity index (χ4n) is 1.39. The molecule has 2 N–H and O–H groups in total. The molecule has 0 unspecified atom stereocenters. The summed E-state index contributed by atoms with van der Waals surface area (Å²) >= 11 is 0. The standard InChI is InChI=1S/C11H17N3O3/c1-11(2,3)8(10(16)17)12-9(15)7-5-6-14(4)13-7/h5-6,8H,1-4H3,(H,12,15)(H,16,17)/t8-/m0/s1. The summed E-state index contributed by atoms with van der Waals surface area (Å²) in [7, 11) is 1.69. The third-order valence-corrected chi connectivity index (χ3v) is 2.33. The van der Waals surface area contributed by atoms with Crippen molar-refractivity contribution < 1.29 is 14.7 Å². The van der Waals surface area contributed by atoms with Gasteiger partial charge in [0.2, 0.25) is 0 Å². The summed E-state index contributed by atoms with van der Waals surface area (Å²) in [5, 5.41) is 15.5. The smallest absolute Gasteiger partial charge is 0.326 e. The maximum absolute atomic E-state index is 11.8. The predicted octanol–water partition coefficient (Wildman–Crippen LogP) is 0.649. The summed E-state index contributed by atoms with van der Waals surface area (Å²) < 4.78 is 1.49. The van der Waals surface area contributed by atoms with Crippen LogP contribution >= 0.6 is 0 Å². The van der Waals surface area contributed by atoms with Crippen LogP contribution in [0.5, 0.6) is 0 Å². The van der Waals surface area contributed by atoms with Gasteiger partial charge in [0, 0.05) is 13.2 Å². The Kier molecular flexibility index (Phi) is 3.55. The van der Waals surface area contributed by atoms with E-state index in [0.29, 0.717) is 0 Å². The SMILES string of the molecule is Cn1ccc(C(=O)N[C@@H](C(=O)O)C(C)(C)C)n1. The highest BCUT2D eigenvalue weighted by molar-refractivity contribution is 5.95. The minimum absolute atomic E-state index is 0.211. The van der Waals surface area contributed by atoms with Crippen LogP contribution in [0.15, 0.2) is 12.3 Å². The van der Waals surface area contributed by atoms with Crippen LogP contribution in [0.25, 0.3) is 0 Å². The highest BCUT2D eigenvalue weighted by Gasteiger charge is 2.33. The number of amides is 1. The number of nitrogens with one attached hydrogen (secondary N) is 1. The highest BCUT2D eigenvalue weighted by atomic mass is 16.4. The Labute approximate surface area is 99.6 Å². The summed E-state index contributed by atoms with van der Waals surface area (Å²) in [4.78, 5) is 22.8. The van der Waals surface area contributed by atoms with Crippen molar-refractivity contribution in [2.75, 3.05) is 0 Å². The molecule has 0 radical (unpaired) electrons. The van der Waals surface area contributed by atoms with Gasteiger partial charge in [-0.05, 0) is 11.5 Å². The van der Waals surface area contributed by atoms with E-state index in [4.69, 9.17) is 5.11 Å². The molecule has 0 saturated heterocycles. The molecule has 0 aliphatic heterocycles. The minimum atomic E-state index is -1.05. The van der Waals surface area contributed by atoms with E-state index in [1.807, 2.05) is 0 Å². The molecule has 0 bridgehead atoms. The molecule has 1 aromatic rings. The highest BCUT2D eigenvalue weighted by Crippen LogP contribution is 2.19. The number of carbonyl (C=O) groups is 2. The van der Waals surface area contributed by atoms with Crippen molar-refractivity contribution in [1.29, 1.82) is 0 Å². The van der Waals surface area contributed by atoms with Gasteiger partial charge in [0.1, 0.15) is 11.7 Å². The molecule has 6 nitrogen and oxygen atoms in total. The number of carboxylic acid groups (broad SMARTS) is 1. The van der Waals surface area contributed by atoms with Crippen molar-refractivity contribution in [3.63, 3.8) is 0 Å². The Morgan fingerprint density at radius 2 is 2.06 bits per heavy atom. The molecule has 0 saturated carbocycles. The van der Waals surface area contributed by atoms with Crippen molar-refractivity contribution in [2.24, 2.45) is 12.5 Å². The van der Waals surface area contributed by atoms with E-state index in [9.17, 15) is 9.59 Å². The van der Waals surface area contributed by atoms with Gasteiger partial charge in [0.15, 0.2) is 0 Å². The van der Waals surface area contributed by atoms with E-state index in [1.165, 1.54) is 10.7 Å². The zero-order chi connectivity index (χ0) is 13.2. The number of aryl methyl sites for hydroxylation is 1. The van der Waals surface area contributed by atoms with Gasteiger partial charge in [-0.2, -0.15) is 5.10 Å². The Morgan fingerprint density at radius 3 is 2.41 bits per heavy atom. The lowest BCUT2D eigenvalue weighted by Gasteiger charge is -2.27. The van der Waals surface area contributed by atoms with Crippen molar-refractivity contribution in [3.8, 4) is 0 Å². The first-order chi connectivity index (χ1) is 7.71. The summed E-state index contributed by atoms with van der Waals surface area (Å²) in [5.41, 5.74) is -0.348. The second-order valence-electron chi connectivity index (χ2n) is 4.99. The van der Waals surface area contributed by atoms with Crippen molar-refractivity contribution in [2.45, 2.75) is 26.8 Å². The zero-order valence-electron chi connectivity index (χ0n) is 10.4. The second-order valence-corrected chi connectivity index (χ2v) is 4.99. The molecule has 0 aromatic carbocycles. The van der Waals surface area contributed by atoms with Gasteiger partial charge < -0.3 is 10.4 Å². The summed E-state index contributed by atoms with van der Waals surface area (Å²) in [6, 6.07) is 0.591. The second kappa shape index (κ2) is 4.57. The van der Waals surface area contributed by atoms with Gasteiger partial charge >= 0.3 is 5.97 Å². The van der Waals surface area contributed by atoms with Crippen LogP contribution in [0.1, 0.15) is 31.3 Å². The predicted molar refractivity (Wildman–Crippen MR) is 61.6 cm³/mol. The van der Waals surface area contributed by atoms with Crippen LogP contribution in [-0.2, 0) is 11.8 Å². The van der Waals surface area contributed by atoms with Crippen LogP contribution in [0.4, 0.5) is 0 Å². The number of carboxylic acids is 1. The first-order valence-electron chi connectivity index (χ1n) is 5.25. The molecular formula is C11H17N3O3. The van der Waals surface area contributed by atoms with E-state index in [2.05, 4.69) is 10.4 Å². The maximum Gasteiger partial charge on any atom is 0.326 e. The van der Waals surface area contributed by atoms with E-state index in [0.717, 1.165) is 0 Å². The van der Waals surface area contributed by atoms with Gasteiger partial charge in [-0.25, -0.2) is 4.79 Å². The average Bonchev–Trinajstić information content (AvgIpc) is 2.58. The lowest BCUT2D eigenvalue weighted by atomic mass is 9.86. The van der Waals surface area contributed by atoms with E-state index in [1.54, 1.807) is 34.0 Å². The molecule has 0 spiro atoms. The molecule has 1 amide bonds. The van der Waals surface area contributed by atoms with Crippen LogP contribution < -0.4 is 5.32 Å². The summed E-state index contributed by atoms with van der Waals surface area (Å²) in [5.74, 6) is -1.53. The Morgan fingerprint density at radius 1 is 1.47 bits per heavy atom. The molecule has 0 aliphatic carbocycles. The Balaban J connectivity index is 2.82. The fourth-order valence-corrected chi connectivity index (χ4v) is 1.39. The molecule has 0 fully saturated rings. The summed E-state index contributed by atoms with van der Waals surface area (Å²) in [6.07, 6.45) is 1.63. The average molecular weight is 239 g/mol. The molecule has 1 rings (SSSR count). The van der Waals surface area contributed by atoms with Gasteiger partial charge in [0.05, 0.1) is 0 Å².